The van der Waals surface area contributed by atoms with Crippen LogP contribution < -0.4 is 0 Å². The number of rotatable bonds is 7. The molecule has 0 radical (unpaired) electrons. The summed E-state index contributed by atoms with van der Waals surface area (Å²) in [5.41, 5.74) is 1.50. The highest BCUT2D eigenvalue weighted by Gasteiger charge is 2.44. The minimum atomic E-state index is -0.676. The van der Waals surface area contributed by atoms with Crippen molar-refractivity contribution in [3.8, 4) is 11.1 Å². The monoisotopic (exact) mass is 499 g/mol. The molecule has 0 saturated heterocycles. The van der Waals surface area contributed by atoms with Gasteiger partial charge in [-0.05, 0) is 56.9 Å². The zero-order chi connectivity index (χ0) is 25.4. The van der Waals surface area contributed by atoms with Crippen LogP contribution in [0.25, 0.3) is 21.3 Å². The Hall–Kier alpha value is -3.20. The van der Waals surface area contributed by atoms with Gasteiger partial charge in [-0.3, -0.25) is 20.0 Å². The highest BCUT2D eigenvalue weighted by atomic mass is 32.1. The fourth-order valence-corrected chi connectivity index (χ4v) is 4.83. The molecule has 0 atom stereocenters. The lowest BCUT2D eigenvalue weighted by molar-refractivity contribution is -0.153. The van der Waals surface area contributed by atoms with Crippen LogP contribution in [0.3, 0.4) is 0 Å². The van der Waals surface area contributed by atoms with Gasteiger partial charge in [0.25, 0.3) is 0 Å². The maximum Gasteiger partial charge on any atom is 0.315 e. The van der Waals surface area contributed by atoms with Gasteiger partial charge in [0.15, 0.2) is 11.8 Å². The first-order valence-corrected chi connectivity index (χ1v) is 12.1. The van der Waals surface area contributed by atoms with Gasteiger partial charge in [0.1, 0.15) is 22.8 Å². The molecule has 4 rings (SSSR count). The van der Waals surface area contributed by atoms with Crippen LogP contribution in [0.2, 0.25) is 0 Å². The first-order valence-electron chi connectivity index (χ1n) is 11.3. The third-order valence-corrected chi connectivity index (χ3v) is 6.81. The van der Waals surface area contributed by atoms with Crippen LogP contribution in [-0.4, -0.2) is 35.0 Å². The SMILES string of the molecule is CC(C)(C)OC(=O)CC(=N)OC(=N)Cc1nc2ccc(-c3ccc(C4(CF)CC4)cc3)c(F)c2s1. The summed E-state index contributed by atoms with van der Waals surface area (Å²) in [5, 5.41) is 16.3. The van der Waals surface area contributed by atoms with E-state index in [2.05, 4.69) is 4.98 Å². The number of hydrogen-bond donors (Lipinski definition) is 2. The molecule has 2 N–H and O–H groups in total. The fraction of sp³-hybridized carbons (Fsp3) is 0.385. The van der Waals surface area contributed by atoms with Crippen molar-refractivity contribution in [1.29, 1.82) is 10.8 Å². The number of benzene rings is 2. The Balaban J connectivity index is 1.44. The Labute approximate surface area is 206 Å². The van der Waals surface area contributed by atoms with Crippen molar-refractivity contribution >= 4 is 39.3 Å². The lowest BCUT2D eigenvalue weighted by atomic mass is 9.94. The molecule has 1 saturated carbocycles. The van der Waals surface area contributed by atoms with E-state index in [1.54, 1.807) is 32.9 Å². The summed E-state index contributed by atoms with van der Waals surface area (Å²) in [4.78, 5) is 16.2. The van der Waals surface area contributed by atoms with Crippen molar-refractivity contribution in [2.75, 3.05) is 6.67 Å². The molecule has 0 bridgehead atoms. The van der Waals surface area contributed by atoms with E-state index in [9.17, 15) is 9.18 Å². The number of thiazole rings is 1. The Morgan fingerprint density at radius 3 is 2.40 bits per heavy atom. The molecule has 184 valence electrons. The highest BCUT2D eigenvalue weighted by Crippen LogP contribution is 2.48. The molecular weight excluding hydrogens is 472 g/mol. The number of aromatic nitrogens is 1. The Morgan fingerprint density at radius 2 is 1.80 bits per heavy atom. The molecule has 6 nitrogen and oxygen atoms in total. The van der Waals surface area contributed by atoms with Gasteiger partial charge < -0.3 is 9.47 Å². The average molecular weight is 500 g/mol. The third kappa shape index (κ3) is 5.73. The van der Waals surface area contributed by atoms with Crippen LogP contribution in [0.5, 0.6) is 0 Å². The first kappa shape index (κ1) is 24.9. The second-order valence-electron chi connectivity index (χ2n) is 9.76. The van der Waals surface area contributed by atoms with E-state index in [4.69, 9.17) is 20.3 Å². The lowest BCUT2D eigenvalue weighted by Crippen LogP contribution is -2.26. The topological polar surface area (TPSA) is 96.1 Å². The number of fused-ring (bicyclic) bond motifs is 1. The van der Waals surface area contributed by atoms with Gasteiger partial charge in [0.2, 0.25) is 0 Å². The molecule has 35 heavy (non-hydrogen) atoms. The van der Waals surface area contributed by atoms with Gasteiger partial charge in [0, 0.05) is 11.0 Å². The van der Waals surface area contributed by atoms with Gasteiger partial charge in [-0.1, -0.05) is 24.3 Å². The standard InChI is InChI=1S/C26H27F2N3O3S/c1-25(2,3)34-22(32)13-20(30)33-19(29)12-21-31-18-9-8-17(23(28)24(18)35-21)15-4-6-16(7-5-15)26(14-27)10-11-26/h4-9,29-30H,10-14H2,1-3H3. The van der Waals surface area contributed by atoms with Crippen LogP contribution in [0.1, 0.15) is 50.6 Å². The van der Waals surface area contributed by atoms with E-state index in [1.807, 2.05) is 24.3 Å². The molecule has 1 aliphatic rings. The van der Waals surface area contributed by atoms with Crippen molar-refractivity contribution in [1.82, 2.24) is 4.98 Å². The minimum absolute atomic E-state index is 0.0369. The number of nitrogens with zero attached hydrogens (tertiary/aromatic N) is 1. The van der Waals surface area contributed by atoms with Gasteiger partial charge in [-0.25, -0.2) is 9.37 Å². The van der Waals surface area contributed by atoms with Gasteiger partial charge in [-0.15, -0.1) is 11.3 Å². The average Bonchev–Trinajstić information content (AvgIpc) is 3.46. The molecule has 0 spiro atoms. The number of carbonyl (C=O) groups excluding carboxylic acids is 1. The summed E-state index contributed by atoms with van der Waals surface area (Å²) in [6.07, 6.45) is 1.26. The summed E-state index contributed by atoms with van der Waals surface area (Å²) in [7, 11) is 0. The van der Waals surface area contributed by atoms with Crippen molar-refractivity contribution in [2.45, 2.75) is 57.5 Å². The van der Waals surface area contributed by atoms with E-state index in [1.165, 1.54) is 0 Å². The summed E-state index contributed by atoms with van der Waals surface area (Å²) < 4.78 is 39.3. The second kappa shape index (κ2) is 9.45. The quantitative estimate of drug-likeness (QED) is 0.225. The molecule has 3 aromatic rings. The Bertz CT molecular complexity index is 1290. The lowest BCUT2D eigenvalue weighted by Gasteiger charge is -2.19. The number of esters is 1. The molecular formula is C26H27F2N3O3S. The number of carbonyl (C=O) groups is 1. The molecule has 0 aliphatic heterocycles. The zero-order valence-electron chi connectivity index (χ0n) is 19.8. The molecule has 1 aromatic heterocycles. The predicted octanol–water partition coefficient (Wildman–Crippen LogP) is 6.35. The summed E-state index contributed by atoms with van der Waals surface area (Å²) >= 11 is 1.11. The Morgan fingerprint density at radius 1 is 1.11 bits per heavy atom. The van der Waals surface area contributed by atoms with E-state index in [0.29, 0.717) is 26.4 Å². The molecule has 0 amide bonds. The summed E-state index contributed by atoms with van der Waals surface area (Å²) in [6, 6.07) is 10.8. The number of halogens is 2. The van der Waals surface area contributed by atoms with Gasteiger partial charge in [0.05, 0.1) is 23.3 Å². The van der Waals surface area contributed by atoms with Crippen LogP contribution in [0.4, 0.5) is 8.78 Å². The maximum atomic E-state index is 15.3. The zero-order valence-corrected chi connectivity index (χ0v) is 20.7. The minimum Gasteiger partial charge on any atom is -0.460 e. The third-order valence-electron chi connectivity index (χ3n) is 5.74. The molecule has 1 fully saturated rings. The fourth-order valence-electron chi connectivity index (χ4n) is 3.83. The number of alkyl halides is 1. The summed E-state index contributed by atoms with van der Waals surface area (Å²) in [6.45, 7) is 4.79. The van der Waals surface area contributed by atoms with Crippen molar-refractivity contribution < 1.29 is 23.0 Å². The maximum absolute atomic E-state index is 15.3. The molecule has 9 heteroatoms. The van der Waals surface area contributed by atoms with E-state index in [-0.39, 0.29) is 30.8 Å². The van der Waals surface area contributed by atoms with Gasteiger partial charge >= 0.3 is 5.97 Å². The number of ether oxygens (including phenoxy) is 2. The smallest absolute Gasteiger partial charge is 0.315 e. The largest absolute Gasteiger partial charge is 0.460 e. The number of nitrogens with one attached hydrogen (secondary N) is 2. The molecule has 2 aromatic carbocycles. The normalized spacial score (nSPS) is 14.5. The van der Waals surface area contributed by atoms with Crippen LogP contribution in [0.15, 0.2) is 36.4 Å². The van der Waals surface area contributed by atoms with E-state index >= 15 is 4.39 Å². The van der Waals surface area contributed by atoms with E-state index in [0.717, 1.165) is 29.7 Å². The molecule has 1 aliphatic carbocycles. The van der Waals surface area contributed by atoms with Crippen LogP contribution in [-0.2, 0) is 26.1 Å². The van der Waals surface area contributed by atoms with E-state index < -0.39 is 23.3 Å². The second-order valence-corrected chi connectivity index (χ2v) is 10.8. The van der Waals surface area contributed by atoms with Gasteiger partial charge in [-0.2, -0.15) is 0 Å². The van der Waals surface area contributed by atoms with Crippen LogP contribution in [0, 0.1) is 16.6 Å². The highest BCUT2D eigenvalue weighted by molar-refractivity contribution is 7.18. The predicted molar refractivity (Wildman–Crippen MR) is 133 cm³/mol. The van der Waals surface area contributed by atoms with Crippen LogP contribution >= 0.6 is 11.3 Å². The molecule has 0 unspecified atom stereocenters. The summed E-state index contributed by atoms with van der Waals surface area (Å²) in [5.74, 6) is -1.69. The molecule has 1 heterocycles. The van der Waals surface area contributed by atoms with Crippen molar-refractivity contribution in [2.24, 2.45) is 0 Å². The first-order chi connectivity index (χ1) is 16.5. The Kier molecular flexibility index (Phi) is 6.73. The number of hydrogen-bond acceptors (Lipinski definition) is 7. The van der Waals surface area contributed by atoms with Crippen molar-refractivity contribution in [3.05, 3.63) is 52.8 Å². The van der Waals surface area contributed by atoms with Crippen molar-refractivity contribution in [3.63, 3.8) is 0 Å².